The number of hydrogen-bond acceptors (Lipinski definition) is 3. The number of hydrogen-bond donors (Lipinski definition) is 2. The molecule has 1 aliphatic carbocycles. The molecule has 1 amide bonds. The first-order valence-corrected chi connectivity index (χ1v) is 7.62. The highest BCUT2D eigenvalue weighted by molar-refractivity contribution is 5.91. The summed E-state index contributed by atoms with van der Waals surface area (Å²) in [5.41, 5.74) is 0.799. The molecule has 6 heteroatoms. The molecule has 0 atom stereocenters. The summed E-state index contributed by atoms with van der Waals surface area (Å²) in [4.78, 5) is 38.1. The summed E-state index contributed by atoms with van der Waals surface area (Å²) in [5, 5.41) is 2.71. The van der Waals surface area contributed by atoms with Gasteiger partial charge < -0.3 is 10.3 Å². The zero-order valence-electron chi connectivity index (χ0n) is 12.5. The van der Waals surface area contributed by atoms with Crippen LogP contribution in [0.3, 0.4) is 0 Å². The fraction of sp³-hybridized carbons (Fsp3) is 0.438. The van der Waals surface area contributed by atoms with Crippen molar-refractivity contribution in [3.63, 3.8) is 0 Å². The second kappa shape index (κ2) is 5.79. The van der Waals surface area contributed by atoms with E-state index in [-0.39, 0.29) is 11.9 Å². The number of rotatable bonds is 2. The van der Waals surface area contributed by atoms with Gasteiger partial charge in [0.25, 0.3) is 0 Å². The molecular formula is C16H19N3O3. The monoisotopic (exact) mass is 301 g/mol. The van der Waals surface area contributed by atoms with E-state index in [1.54, 1.807) is 22.8 Å². The summed E-state index contributed by atoms with van der Waals surface area (Å²) < 4.78 is 1.61. The Hall–Kier alpha value is -2.37. The van der Waals surface area contributed by atoms with Gasteiger partial charge in [-0.2, -0.15) is 0 Å². The predicted octanol–water partition coefficient (Wildman–Crippen LogP) is 2.15. The van der Waals surface area contributed by atoms with Crippen molar-refractivity contribution < 1.29 is 4.79 Å². The van der Waals surface area contributed by atoms with Crippen LogP contribution in [0.25, 0.3) is 11.0 Å². The summed E-state index contributed by atoms with van der Waals surface area (Å²) in [6.45, 7) is 1.44. The summed E-state index contributed by atoms with van der Waals surface area (Å²) >= 11 is 0. The maximum Gasteiger partial charge on any atom is 0.316 e. The highest BCUT2D eigenvalue weighted by atomic mass is 16.2. The molecule has 0 spiro atoms. The van der Waals surface area contributed by atoms with Gasteiger partial charge in [0, 0.05) is 18.7 Å². The van der Waals surface area contributed by atoms with Crippen molar-refractivity contribution in [2.45, 2.75) is 45.1 Å². The zero-order valence-corrected chi connectivity index (χ0v) is 12.5. The van der Waals surface area contributed by atoms with Crippen LogP contribution in [0.5, 0.6) is 0 Å². The first-order valence-electron chi connectivity index (χ1n) is 7.62. The van der Waals surface area contributed by atoms with Gasteiger partial charge in [0.2, 0.25) is 5.91 Å². The molecule has 116 valence electrons. The number of nitrogens with one attached hydrogen (secondary N) is 2. The molecule has 0 radical (unpaired) electrons. The lowest BCUT2D eigenvalue weighted by Gasteiger charge is -2.25. The Morgan fingerprint density at radius 1 is 1.23 bits per heavy atom. The van der Waals surface area contributed by atoms with Crippen molar-refractivity contribution in [3.8, 4) is 0 Å². The van der Waals surface area contributed by atoms with Gasteiger partial charge in [-0.15, -0.1) is 0 Å². The van der Waals surface area contributed by atoms with E-state index in [2.05, 4.69) is 10.3 Å². The van der Waals surface area contributed by atoms with Gasteiger partial charge in [-0.1, -0.05) is 19.3 Å². The van der Waals surface area contributed by atoms with Crippen LogP contribution in [0.4, 0.5) is 5.69 Å². The third kappa shape index (κ3) is 2.68. The smallest absolute Gasteiger partial charge is 0.316 e. The highest BCUT2D eigenvalue weighted by Gasteiger charge is 2.20. The van der Waals surface area contributed by atoms with E-state index in [0.717, 1.165) is 25.7 Å². The second-order valence-corrected chi connectivity index (χ2v) is 5.83. The van der Waals surface area contributed by atoms with E-state index < -0.39 is 11.1 Å². The fourth-order valence-electron chi connectivity index (χ4n) is 3.21. The minimum atomic E-state index is -0.592. The number of carbonyl (C=O) groups excluding carboxylic acids is 1. The van der Waals surface area contributed by atoms with Crippen LogP contribution in [-0.4, -0.2) is 15.5 Å². The summed E-state index contributed by atoms with van der Waals surface area (Å²) in [5.74, 6) is -0.171. The average molecular weight is 301 g/mol. The van der Waals surface area contributed by atoms with Gasteiger partial charge in [-0.25, -0.2) is 0 Å². The Labute approximate surface area is 127 Å². The molecule has 1 fully saturated rings. The number of carbonyl (C=O) groups is 1. The first-order chi connectivity index (χ1) is 10.6. The van der Waals surface area contributed by atoms with Gasteiger partial charge >= 0.3 is 11.1 Å². The number of nitrogens with zero attached hydrogens (tertiary/aromatic N) is 1. The lowest BCUT2D eigenvalue weighted by Crippen LogP contribution is -2.38. The molecule has 0 saturated heterocycles. The topological polar surface area (TPSA) is 84.0 Å². The van der Waals surface area contributed by atoms with E-state index in [0.29, 0.717) is 16.7 Å². The number of aromatic amines is 1. The molecule has 1 aliphatic rings. The number of H-pyrrole nitrogens is 1. The fourth-order valence-corrected chi connectivity index (χ4v) is 3.21. The van der Waals surface area contributed by atoms with Crippen LogP contribution in [0, 0.1) is 0 Å². The molecule has 1 aromatic carbocycles. The Morgan fingerprint density at radius 3 is 2.64 bits per heavy atom. The Bertz CT molecular complexity index is 829. The van der Waals surface area contributed by atoms with E-state index >= 15 is 0 Å². The number of anilines is 1. The molecule has 6 nitrogen and oxygen atoms in total. The van der Waals surface area contributed by atoms with E-state index in [1.807, 2.05) is 0 Å². The van der Waals surface area contributed by atoms with Gasteiger partial charge in [-0.3, -0.25) is 19.0 Å². The van der Waals surface area contributed by atoms with Crippen molar-refractivity contribution in [2.24, 2.45) is 0 Å². The van der Waals surface area contributed by atoms with Crippen molar-refractivity contribution in [1.82, 2.24) is 9.55 Å². The molecule has 0 aliphatic heterocycles. The van der Waals surface area contributed by atoms with Crippen molar-refractivity contribution in [1.29, 1.82) is 0 Å². The van der Waals surface area contributed by atoms with E-state index in [9.17, 15) is 14.4 Å². The third-order valence-electron chi connectivity index (χ3n) is 4.18. The van der Waals surface area contributed by atoms with Gasteiger partial charge in [0.15, 0.2) is 0 Å². The summed E-state index contributed by atoms with van der Waals surface area (Å²) in [6.07, 6.45) is 5.11. The molecular weight excluding hydrogens is 282 g/mol. The highest BCUT2D eigenvalue weighted by Crippen LogP contribution is 2.29. The maximum absolute atomic E-state index is 12.3. The Kier molecular flexibility index (Phi) is 3.83. The molecule has 3 rings (SSSR count). The molecule has 1 heterocycles. The van der Waals surface area contributed by atoms with Crippen LogP contribution in [0.15, 0.2) is 27.8 Å². The van der Waals surface area contributed by atoms with Crippen LogP contribution in [0.1, 0.15) is 45.1 Å². The molecule has 0 bridgehead atoms. The SMILES string of the molecule is CC(=O)Nc1ccc2[nH]c(=O)c(=O)n(C3CCCCC3)c2c1. The van der Waals surface area contributed by atoms with Crippen molar-refractivity contribution >= 4 is 22.6 Å². The molecule has 2 N–H and O–H groups in total. The minimum absolute atomic E-state index is 0.0543. The number of amides is 1. The van der Waals surface area contributed by atoms with Crippen LogP contribution >= 0.6 is 0 Å². The van der Waals surface area contributed by atoms with Gasteiger partial charge in [0.1, 0.15) is 0 Å². The molecule has 22 heavy (non-hydrogen) atoms. The molecule has 2 aromatic rings. The standard InChI is InChI=1S/C16H19N3O3/c1-10(20)17-11-7-8-13-14(9-11)19(16(22)15(21)18-13)12-5-3-2-4-6-12/h7-9,12H,2-6H2,1H3,(H,17,20)(H,18,21). The summed E-state index contributed by atoms with van der Waals surface area (Å²) in [7, 11) is 0. The number of fused-ring (bicyclic) bond motifs is 1. The van der Waals surface area contributed by atoms with Crippen molar-refractivity contribution in [2.75, 3.05) is 5.32 Å². The minimum Gasteiger partial charge on any atom is -0.326 e. The largest absolute Gasteiger partial charge is 0.326 e. The van der Waals surface area contributed by atoms with Crippen molar-refractivity contribution in [3.05, 3.63) is 38.9 Å². The van der Waals surface area contributed by atoms with E-state index in [4.69, 9.17) is 0 Å². The molecule has 0 unspecified atom stereocenters. The summed E-state index contributed by atoms with van der Waals surface area (Å²) in [6, 6.07) is 5.25. The first kappa shape index (κ1) is 14.6. The normalized spacial score (nSPS) is 15.9. The van der Waals surface area contributed by atoms with Crippen LogP contribution in [0.2, 0.25) is 0 Å². The molecule has 1 aromatic heterocycles. The average Bonchev–Trinajstić information content (AvgIpc) is 2.49. The third-order valence-corrected chi connectivity index (χ3v) is 4.18. The number of benzene rings is 1. The maximum atomic E-state index is 12.3. The lowest BCUT2D eigenvalue weighted by atomic mass is 9.95. The second-order valence-electron chi connectivity index (χ2n) is 5.83. The lowest BCUT2D eigenvalue weighted by molar-refractivity contribution is -0.114. The van der Waals surface area contributed by atoms with Crippen LogP contribution < -0.4 is 16.4 Å². The predicted molar refractivity (Wildman–Crippen MR) is 85.3 cm³/mol. The van der Waals surface area contributed by atoms with E-state index in [1.165, 1.54) is 13.3 Å². The quantitative estimate of drug-likeness (QED) is 0.834. The van der Waals surface area contributed by atoms with Gasteiger partial charge in [0.05, 0.1) is 11.0 Å². The number of aromatic nitrogens is 2. The van der Waals surface area contributed by atoms with Crippen LogP contribution in [-0.2, 0) is 4.79 Å². The Balaban J connectivity index is 2.21. The van der Waals surface area contributed by atoms with Gasteiger partial charge in [-0.05, 0) is 31.0 Å². The molecule has 1 saturated carbocycles. The Morgan fingerprint density at radius 2 is 1.95 bits per heavy atom. The zero-order chi connectivity index (χ0) is 15.7.